The first-order valence-electron chi connectivity index (χ1n) is 9.29. The van der Waals surface area contributed by atoms with E-state index in [4.69, 9.17) is 4.42 Å². The first-order valence-corrected chi connectivity index (χ1v) is 9.29. The molecule has 1 aromatic heterocycles. The first-order chi connectivity index (χ1) is 12.3. The summed E-state index contributed by atoms with van der Waals surface area (Å²) in [4.78, 5) is 26.7. The molecule has 1 fully saturated rings. The lowest BCUT2D eigenvalue weighted by Crippen LogP contribution is -2.28. The highest BCUT2D eigenvalue weighted by atomic mass is 16.3. The highest BCUT2D eigenvalue weighted by Gasteiger charge is 2.28. The van der Waals surface area contributed by atoms with Gasteiger partial charge in [-0.2, -0.15) is 0 Å². The second-order valence-corrected chi connectivity index (χ2v) is 8.09. The van der Waals surface area contributed by atoms with E-state index in [1.165, 1.54) is 5.56 Å². The zero-order valence-electron chi connectivity index (χ0n) is 15.8. The second-order valence-electron chi connectivity index (χ2n) is 8.09. The van der Waals surface area contributed by atoms with Gasteiger partial charge in [0.25, 0.3) is 0 Å². The molecule has 1 atom stereocenters. The van der Waals surface area contributed by atoms with Gasteiger partial charge in [-0.1, -0.05) is 45.0 Å². The van der Waals surface area contributed by atoms with Crippen molar-refractivity contribution in [3.63, 3.8) is 0 Å². The van der Waals surface area contributed by atoms with Gasteiger partial charge in [0.15, 0.2) is 5.78 Å². The maximum Gasteiger partial charge on any atom is 0.223 e. The van der Waals surface area contributed by atoms with Crippen molar-refractivity contribution < 1.29 is 14.0 Å². The molecule has 3 rings (SSSR count). The van der Waals surface area contributed by atoms with Crippen molar-refractivity contribution in [2.24, 2.45) is 0 Å². The lowest BCUT2D eigenvalue weighted by molar-refractivity contribution is -0.130. The van der Waals surface area contributed by atoms with Crippen molar-refractivity contribution in [1.29, 1.82) is 0 Å². The van der Waals surface area contributed by atoms with Crippen LogP contribution in [-0.4, -0.2) is 29.7 Å². The van der Waals surface area contributed by atoms with E-state index in [0.717, 1.165) is 18.7 Å². The zero-order chi connectivity index (χ0) is 18.7. The van der Waals surface area contributed by atoms with Crippen LogP contribution in [0, 0.1) is 0 Å². The summed E-state index contributed by atoms with van der Waals surface area (Å²) in [6.07, 6.45) is 3.12. The molecule has 1 saturated heterocycles. The number of benzene rings is 1. The Labute approximate surface area is 155 Å². The SMILES string of the molecule is CC(C)(C)c1ccc(C(=O)CCC(=O)N2CCC(c3ccco3)C2)cc1. The number of hydrogen-bond acceptors (Lipinski definition) is 3. The molecule has 1 amide bonds. The summed E-state index contributed by atoms with van der Waals surface area (Å²) in [6.45, 7) is 7.86. The predicted molar refractivity (Wildman–Crippen MR) is 101 cm³/mol. The van der Waals surface area contributed by atoms with Crippen LogP contribution in [0.1, 0.15) is 67.6 Å². The molecule has 138 valence electrons. The van der Waals surface area contributed by atoms with Crippen LogP contribution in [0.5, 0.6) is 0 Å². The predicted octanol–water partition coefficient (Wildman–Crippen LogP) is 4.56. The Balaban J connectivity index is 1.51. The van der Waals surface area contributed by atoms with E-state index in [9.17, 15) is 9.59 Å². The van der Waals surface area contributed by atoms with Gasteiger partial charge < -0.3 is 9.32 Å². The molecule has 0 aliphatic carbocycles. The maximum atomic E-state index is 12.4. The van der Waals surface area contributed by atoms with Crippen LogP contribution < -0.4 is 0 Å². The normalized spacial score (nSPS) is 17.5. The number of rotatable bonds is 5. The Bertz CT molecular complexity index is 754. The molecule has 1 aliphatic rings. The Kier molecular flexibility index (Phi) is 5.30. The van der Waals surface area contributed by atoms with E-state index in [1.807, 2.05) is 41.3 Å². The van der Waals surface area contributed by atoms with Gasteiger partial charge in [-0.3, -0.25) is 9.59 Å². The molecule has 1 aliphatic heterocycles. The van der Waals surface area contributed by atoms with Crippen LogP contribution in [0.2, 0.25) is 0 Å². The van der Waals surface area contributed by atoms with Crippen LogP contribution in [-0.2, 0) is 10.2 Å². The number of carbonyl (C=O) groups is 2. The Hall–Kier alpha value is -2.36. The van der Waals surface area contributed by atoms with E-state index in [2.05, 4.69) is 20.8 Å². The van der Waals surface area contributed by atoms with Gasteiger partial charge in [0, 0.05) is 37.4 Å². The summed E-state index contributed by atoms with van der Waals surface area (Å²) in [5.41, 5.74) is 1.95. The van der Waals surface area contributed by atoms with Crippen molar-refractivity contribution in [1.82, 2.24) is 4.90 Å². The third kappa shape index (κ3) is 4.24. The van der Waals surface area contributed by atoms with Gasteiger partial charge in [-0.25, -0.2) is 0 Å². The summed E-state index contributed by atoms with van der Waals surface area (Å²) in [5, 5.41) is 0. The minimum Gasteiger partial charge on any atom is -0.469 e. The quantitative estimate of drug-likeness (QED) is 0.741. The largest absolute Gasteiger partial charge is 0.469 e. The average molecular weight is 353 g/mol. The molecular formula is C22H27NO3. The molecule has 0 spiro atoms. The van der Waals surface area contributed by atoms with Crippen LogP contribution >= 0.6 is 0 Å². The van der Waals surface area contributed by atoms with Gasteiger partial charge in [-0.05, 0) is 29.5 Å². The Morgan fingerprint density at radius 3 is 2.46 bits per heavy atom. The third-order valence-corrected chi connectivity index (χ3v) is 5.13. The Morgan fingerprint density at radius 1 is 1.12 bits per heavy atom. The number of ketones is 1. The molecule has 0 saturated carbocycles. The van der Waals surface area contributed by atoms with Crippen LogP contribution in [0.3, 0.4) is 0 Å². The van der Waals surface area contributed by atoms with Gasteiger partial charge in [0.2, 0.25) is 5.91 Å². The van der Waals surface area contributed by atoms with Crippen LogP contribution in [0.4, 0.5) is 0 Å². The molecule has 2 heterocycles. The van der Waals surface area contributed by atoms with Crippen LogP contribution in [0.25, 0.3) is 0 Å². The second kappa shape index (κ2) is 7.48. The smallest absolute Gasteiger partial charge is 0.223 e. The number of likely N-dealkylation sites (tertiary alicyclic amines) is 1. The van der Waals surface area contributed by atoms with E-state index in [1.54, 1.807) is 6.26 Å². The van der Waals surface area contributed by atoms with Gasteiger partial charge in [0.1, 0.15) is 5.76 Å². The number of Topliss-reactive ketones (excluding diaryl/α,β-unsaturated/α-hetero) is 1. The molecule has 1 aromatic carbocycles. The van der Waals surface area contributed by atoms with Crippen LogP contribution in [0.15, 0.2) is 47.1 Å². The molecule has 26 heavy (non-hydrogen) atoms. The molecule has 1 unspecified atom stereocenters. The fourth-order valence-corrected chi connectivity index (χ4v) is 3.42. The fraction of sp³-hybridized carbons (Fsp3) is 0.455. The number of furan rings is 1. The monoisotopic (exact) mass is 353 g/mol. The number of carbonyl (C=O) groups excluding carboxylic acids is 2. The Morgan fingerprint density at radius 2 is 1.85 bits per heavy atom. The highest BCUT2D eigenvalue weighted by molar-refractivity contribution is 5.98. The number of hydrogen-bond donors (Lipinski definition) is 0. The standard InChI is InChI=1S/C22H27NO3/c1-22(2,3)18-8-6-16(7-9-18)19(24)10-11-21(25)23-13-12-17(15-23)20-5-4-14-26-20/h4-9,14,17H,10-13,15H2,1-3H3. The van der Waals surface area contributed by atoms with Crippen molar-refractivity contribution in [2.75, 3.05) is 13.1 Å². The highest BCUT2D eigenvalue weighted by Crippen LogP contribution is 2.28. The van der Waals surface area contributed by atoms with E-state index in [-0.39, 0.29) is 35.9 Å². The number of amides is 1. The van der Waals surface area contributed by atoms with Crippen molar-refractivity contribution in [2.45, 2.75) is 51.4 Å². The average Bonchev–Trinajstić information content (AvgIpc) is 3.29. The van der Waals surface area contributed by atoms with Crippen molar-refractivity contribution in [3.8, 4) is 0 Å². The van der Waals surface area contributed by atoms with Crippen molar-refractivity contribution in [3.05, 3.63) is 59.5 Å². The van der Waals surface area contributed by atoms with Gasteiger partial charge in [-0.15, -0.1) is 0 Å². The van der Waals surface area contributed by atoms with Gasteiger partial charge >= 0.3 is 0 Å². The molecule has 4 nitrogen and oxygen atoms in total. The zero-order valence-corrected chi connectivity index (χ0v) is 15.8. The van der Waals surface area contributed by atoms with E-state index < -0.39 is 0 Å². The van der Waals surface area contributed by atoms with E-state index >= 15 is 0 Å². The summed E-state index contributed by atoms with van der Waals surface area (Å²) in [7, 11) is 0. The molecule has 0 N–H and O–H groups in total. The lowest BCUT2D eigenvalue weighted by atomic mass is 9.86. The lowest BCUT2D eigenvalue weighted by Gasteiger charge is -2.19. The summed E-state index contributed by atoms with van der Waals surface area (Å²) >= 11 is 0. The minimum absolute atomic E-state index is 0.0283. The summed E-state index contributed by atoms with van der Waals surface area (Å²) in [6, 6.07) is 11.6. The maximum absolute atomic E-state index is 12.4. The molecular weight excluding hydrogens is 326 g/mol. The van der Waals surface area contributed by atoms with Crippen molar-refractivity contribution >= 4 is 11.7 Å². The molecule has 0 bridgehead atoms. The topological polar surface area (TPSA) is 50.5 Å². The molecule has 4 heteroatoms. The molecule has 2 aromatic rings. The first kappa shape index (κ1) is 18.4. The minimum atomic E-state index is 0.0283. The summed E-state index contributed by atoms with van der Waals surface area (Å²) in [5.74, 6) is 1.30. The third-order valence-electron chi connectivity index (χ3n) is 5.13. The molecule has 0 radical (unpaired) electrons. The van der Waals surface area contributed by atoms with Gasteiger partial charge in [0.05, 0.1) is 6.26 Å². The number of nitrogens with zero attached hydrogens (tertiary/aromatic N) is 1. The summed E-state index contributed by atoms with van der Waals surface area (Å²) < 4.78 is 5.44. The fourth-order valence-electron chi connectivity index (χ4n) is 3.42. The van der Waals surface area contributed by atoms with E-state index in [0.29, 0.717) is 12.1 Å².